The molecule has 0 bridgehead atoms. The van der Waals surface area contributed by atoms with E-state index >= 15 is 0 Å². The van der Waals surface area contributed by atoms with Crippen LogP contribution in [0.5, 0.6) is 0 Å². The maximum absolute atomic E-state index is 11.0. The molecule has 5 heteroatoms. The van der Waals surface area contributed by atoms with Gasteiger partial charge < -0.3 is 10.4 Å². The van der Waals surface area contributed by atoms with Gasteiger partial charge in [0, 0.05) is 17.9 Å². The molecule has 0 aromatic carbocycles. The second-order valence-corrected chi connectivity index (χ2v) is 3.87. The smallest absolute Gasteiger partial charge is 0.322 e. The topological polar surface area (TPSA) is 67.2 Å². The van der Waals surface area contributed by atoms with E-state index in [9.17, 15) is 4.79 Å². The monoisotopic (exact) mass is 211 g/mol. The Hall–Kier alpha value is -1.36. The van der Waals surface area contributed by atoms with Gasteiger partial charge >= 0.3 is 5.97 Å². The van der Waals surface area contributed by atoms with Gasteiger partial charge in [-0.1, -0.05) is 13.8 Å². The molecule has 0 aliphatic rings. The fourth-order valence-corrected chi connectivity index (χ4v) is 1.37. The van der Waals surface area contributed by atoms with Gasteiger partial charge in [-0.3, -0.25) is 9.48 Å². The molecule has 1 aromatic heterocycles. The standard InChI is InChI=1S/C10H17N3O2/c1-7(2)12-9(10(14)15)6-13-8(3)4-5-11-13/h4-5,7,9,12H,6H2,1-3H3,(H,14,15). The first-order valence-electron chi connectivity index (χ1n) is 4.98. The molecule has 0 saturated heterocycles. The summed E-state index contributed by atoms with van der Waals surface area (Å²) in [5, 5.41) is 16.1. The number of nitrogens with zero attached hydrogens (tertiary/aromatic N) is 2. The van der Waals surface area contributed by atoms with Gasteiger partial charge in [-0.2, -0.15) is 5.10 Å². The Bertz CT molecular complexity index is 333. The molecule has 0 spiro atoms. The largest absolute Gasteiger partial charge is 0.480 e. The number of aliphatic carboxylic acids is 1. The molecule has 0 saturated carbocycles. The molecule has 5 nitrogen and oxygen atoms in total. The Morgan fingerprint density at radius 3 is 2.73 bits per heavy atom. The zero-order valence-electron chi connectivity index (χ0n) is 9.27. The van der Waals surface area contributed by atoms with Crippen LogP contribution in [-0.4, -0.2) is 32.9 Å². The van der Waals surface area contributed by atoms with Gasteiger partial charge in [0.2, 0.25) is 0 Å². The van der Waals surface area contributed by atoms with Crippen LogP contribution in [0, 0.1) is 6.92 Å². The highest BCUT2D eigenvalue weighted by Crippen LogP contribution is 1.99. The van der Waals surface area contributed by atoms with Gasteiger partial charge in [-0.25, -0.2) is 0 Å². The Morgan fingerprint density at radius 2 is 2.33 bits per heavy atom. The molecule has 1 heterocycles. The van der Waals surface area contributed by atoms with Crippen LogP contribution in [-0.2, 0) is 11.3 Å². The minimum Gasteiger partial charge on any atom is -0.480 e. The Balaban J connectivity index is 2.67. The fraction of sp³-hybridized carbons (Fsp3) is 0.600. The van der Waals surface area contributed by atoms with Crippen LogP contribution < -0.4 is 5.32 Å². The molecule has 0 fully saturated rings. The summed E-state index contributed by atoms with van der Waals surface area (Å²) in [5.41, 5.74) is 0.965. The van der Waals surface area contributed by atoms with Crippen molar-refractivity contribution in [3.8, 4) is 0 Å². The summed E-state index contributed by atoms with van der Waals surface area (Å²) >= 11 is 0. The molecule has 1 unspecified atom stereocenters. The minimum absolute atomic E-state index is 0.141. The number of nitrogens with one attached hydrogen (secondary N) is 1. The van der Waals surface area contributed by atoms with E-state index in [0.717, 1.165) is 5.69 Å². The predicted octanol–water partition coefficient (Wildman–Crippen LogP) is 0.643. The van der Waals surface area contributed by atoms with Crippen LogP contribution in [0.25, 0.3) is 0 Å². The number of rotatable bonds is 5. The van der Waals surface area contributed by atoms with Crippen molar-refractivity contribution in [3.05, 3.63) is 18.0 Å². The average molecular weight is 211 g/mol. The second kappa shape index (κ2) is 4.93. The molecule has 0 radical (unpaired) electrons. The first kappa shape index (κ1) is 11.7. The lowest BCUT2D eigenvalue weighted by Gasteiger charge is -2.17. The van der Waals surface area contributed by atoms with Crippen LogP contribution >= 0.6 is 0 Å². The number of hydrogen-bond acceptors (Lipinski definition) is 3. The second-order valence-electron chi connectivity index (χ2n) is 3.87. The Kier molecular flexibility index (Phi) is 3.85. The van der Waals surface area contributed by atoms with Crippen LogP contribution in [0.1, 0.15) is 19.5 Å². The molecule has 0 aliphatic heterocycles. The molecule has 2 N–H and O–H groups in total. The van der Waals surface area contributed by atoms with E-state index in [2.05, 4.69) is 10.4 Å². The van der Waals surface area contributed by atoms with Crippen LogP contribution in [0.4, 0.5) is 0 Å². The fourth-order valence-electron chi connectivity index (χ4n) is 1.37. The van der Waals surface area contributed by atoms with E-state index in [4.69, 9.17) is 5.11 Å². The summed E-state index contributed by atoms with van der Waals surface area (Å²) in [5.74, 6) is -0.849. The van der Waals surface area contributed by atoms with Crippen molar-refractivity contribution in [3.63, 3.8) is 0 Å². The Morgan fingerprint density at radius 1 is 1.67 bits per heavy atom. The molecule has 0 amide bonds. The van der Waals surface area contributed by atoms with E-state index < -0.39 is 12.0 Å². The highest BCUT2D eigenvalue weighted by molar-refractivity contribution is 5.73. The molecule has 1 atom stereocenters. The first-order valence-corrected chi connectivity index (χ1v) is 4.98. The first-order chi connectivity index (χ1) is 7.00. The van der Waals surface area contributed by atoms with Gasteiger partial charge in [0.1, 0.15) is 6.04 Å². The summed E-state index contributed by atoms with van der Waals surface area (Å²) in [4.78, 5) is 11.0. The Labute approximate surface area is 89.1 Å². The van der Waals surface area contributed by atoms with Crippen molar-refractivity contribution in [2.24, 2.45) is 0 Å². The van der Waals surface area contributed by atoms with E-state index in [1.165, 1.54) is 0 Å². The summed E-state index contributed by atoms with van der Waals surface area (Å²) in [6.45, 7) is 6.10. The molecular formula is C10H17N3O2. The van der Waals surface area contributed by atoms with Crippen LogP contribution in [0.2, 0.25) is 0 Å². The van der Waals surface area contributed by atoms with E-state index in [1.807, 2.05) is 26.8 Å². The maximum Gasteiger partial charge on any atom is 0.322 e. The zero-order valence-corrected chi connectivity index (χ0v) is 9.27. The quantitative estimate of drug-likeness (QED) is 0.750. The van der Waals surface area contributed by atoms with Crippen molar-refractivity contribution in [1.82, 2.24) is 15.1 Å². The van der Waals surface area contributed by atoms with Crippen LogP contribution in [0.15, 0.2) is 12.3 Å². The van der Waals surface area contributed by atoms with Gasteiger partial charge in [0.15, 0.2) is 0 Å². The minimum atomic E-state index is -0.849. The van der Waals surface area contributed by atoms with Crippen molar-refractivity contribution < 1.29 is 9.90 Å². The molecule has 1 aromatic rings. The van der Waals surface area contributed by atoms with E-state index in [1.54, 1.807) is 10.9 Å². The molecule has 0 aliphatic carbocycles. The van der Waals surface area contributed by atoms with Gasteiger partial charge in [0.05, 0.1) is 6.54 Å². The number of carboxylic acids is 1. The SMILES string of the molecule is Cc1ccnn1CC(NC(C)C)C(=O)O. The van der Waals surface area contributed by atoms with Crippen molar-refractivity contribution in [1.29, 1.82) is 0 Å². The van der Waals surface area contributed by atoms with E-state index in [-0.39, 0.29) is 6.04 Å². The summed E-state index contributed by atoms with van der Waals surface area (Å²) < 4.78 is 1.69. The third kappa shape index (κ3) is 3.36. The molecule has 1 rings (SSSR count). The number of carbonyl (C=O) groups is 1. The van der Waals surface area contributed by atoms with Crippen molar-refractivity contribution >= 4 is 5.97 Å². The summed E-state index contributed by atoms with van der Waals surface area (Å²) in [6, 6.07) is 1.40. The highest BCUT2D eigenvalue weighted by atomic mass is 16.4. The number of aryl methyl sites for hydroxylation is 1. The lowest BCUT2D eigenvalue weighted by Crippen LogP contribution is -2.44. The maximum atomic E-state index is 11.0. The van der Waals surface area contributed by atoms with Crippen molar-refractivity contribution in [2.45, 2.75) is 39.4 Å². The third-order valence-corrected chi connectivity index (χ3v) is 2.12. The van der Waals surface area contributed by atoms with Gasteiger partial charge in [-0.05, 0) is 13.0 Å². The van der Waals surface area contributed by atoms with Crippen LogP contribution in [0.3, 0.4) is 0 Å². The lowest BCUT2D eigenvalue weighted by molar-refractivity contribution is -0.140. The van der Waals surface area contributed by atoms with Gasteiger partial charge in [-0.15, -0.1) is 0 Å². The van der Waals surface area contributed by atoms with Gasteiger partial charge in [0.25, 0.3) is 0 Å². The predicted molar refractivity (Wildman–Crippen MR) is 56.7 cm³/mol. The number of carboxylic acid groups (broad SMARTS) is 1. The number of aromatic nitrogens is 2. The van der Waals surface area contributed by atoms with E-state index in [0.29, 0.717) is 6.54 Å². The highest BCUT2D eigenvalue weighted by Gasteiger charge is 2.19. The average Bonchev–Trinajstić information content (AvgIpc) is 2.50. The summed E-state index contributed by atoms with van der Waals surface area (Å²) in [6.07, 6.45) is 1.67. The van der Waals surface area contributed by atoms with Crippen molar-refractivity contribution in [2.75, 3.05) is 0 Å². The molecule has 15 heavy (non-hydrogen) atoms. The number of hydrogen-bond donors (Lipinski definition) is 2. The molecule has 84 valence electrons. The summed E-state index contributed by atoms with van der Waals surface area (Å²) in [7, 11) is 0. The third-order valence-electron chi connectivity index (χ3n) is 2.12. The normalized spacial score (nSPS) is 13.1. The zero-order chi connectivity index (χ0) is 11.4. The lowest BCUT2D eigenvalue weighted by atomic mass is 10.2. The molecular weight excluding hydrogens is 194 g/mol.